The van der Waals surface area contributed by atoms with Crippen LogP contribution < -0.4 is 0 Å². The Kier molecular flexibility index (Phi) is 2.43. The number of ether oxygens (including phenoxy) is 2. The van der Waals surface area contributed by atoms with E-state index in [0.29, 0.717) is 5.92 Å². The number of hydrogen-bond acceptors (Lipinski definition) is 2. The number of rotatable bonds is 1. The van der Waals surface area contributed by atoms with Crippen molar-refractivity contribution >= 4 is 0 Å². The smallest absolute Gasteiger partial charge is 0.172 e. The first-order valence-electron chi connectivity index (χ1n) is 5.19. The van der Waals surface area contributed by atoms with Crippen molar-refractivity contribution in [3.05, 3.63) is 11.6 Å². The molecule has 0 aromatic heterocycles. The van der Waals surface area contributed by atoms with E-state index in [2.05, 4.69) is 19.9 Å². The highest BCUT2D eigenvalue weighted by Gasteiger charge is 2.37. The van der Waals surface area contributed by atoms with Gasteiger partial charge in [0.15, 0.2) is 5.79 Å². The molecule has 74 valence electrons. The van der Waals surface area contributed by atoms with E-state index in [4.69, 9.17) is 9.47 Å². The maximum absolute atomic E-state index is 5.64. The molecule has 0 amide bonds. The van der Waals surface area contributed by atoms with Crippen molar-refractivity contribution in [3.8, 4) is 0 Å². The first kappa shape index (κ1) is 9.22. The molecule has 0 N–H and O–H groups in total. The van der Waals surface area contributed by atoms with Crippen LogP contribution in [0.5, 0.6) is 0 Å². The summed E-state index contributed by atoms with van der Waals surface area (Å²) in [4.78, 5) is 0. The molecule has 1 spiro atoms. The molecule has 0 bridgehead atoms. The third-order valence-corrected chi connectivity index (χ3v) is 3.02. The second-order valence-electron chi connectivity index (χ2n) is 4.25. The van der Waals surface area contributed by atoms with Crippen LogP contribution in [0.25, 0.3) is 0 Å². The SMILES string of the molecule is CC(C)C1=CCC2(CC1)OCCO2. The molecule has 1 saturated heterocycles. The molecule has 1 aliphatic carbocycles. The van der Waals surface area contributed by atoms with E-state index in [1.54, 1.807) is 5.57 Å². The molecule has 1 fully saturated rings. The predicted molar refractivity (Wildman–Crippen MR) is 51.4 cm³/mol. The van der Waals surface area contributed by atoms with Crippen molar-refractivity contribution in [3.63, 3.8) is 0 Å². The maximum atomic E-state index is 5.64. The molecule has 2 rings (SSSR count). The van der Waals surface area contributed by atoms with E-state index in [1.807, 2.05) is 0 Å². The van der Waals surface area contributed by atoms with Gasteiger partial charge in [0, 0.05) is 12.8 Å². The first-order valence-corrected chi connectivity index (χ1v) is 5.19. The van der Waals surface area contributed by atoms with Crippen LogP contribution in [0.1, 0.15) is 33.1 Å². The lowest BCUT2D eigenvalue weighted by Gasteiger charge is -2.31. The van der Waals surface area contributed by atoms with E-state index in [9.17, 15) is 0 Å². The van der Waals surface area contributed by atoms with Gasteiger partial charge in [0.2, 0.25) is 0 Å². The van der Waals surface area contributed by atoms with Crippen LogP contribution in [0.15, 0.2) is 11.6 Å². The van der Waals surface area contributed by atoms with Crippen LogP contribution in [0.4, 0.5) is 0 Å². The maximum Gasteiger partial charge on any atom is 0.172 e. The van der Waals surface area contributed by atoms with Gasteiger partial charge in [-0.3, -0.25) is 0 Å². The molecular formula is C11H18O2. The highest BCUT2D eigenvalue weighted by Crippen LogP contribution is 2.36. The molecule has 0 atom stereocenters. The normalized spacial score (nSPS) is 26.8. The quantitative estimate of drug-likeness (QED) is 0.580. The summed E-state index contributed by atoms with van der Waals surface area (Å²) < 4.78 is 11.3. The Labute approximate surface area is 79.9 Å². The summed E-state index contributed by atoms with van der Waals surface area (Å²) in [5.74, 6) is 0.442. The molecule has 2 heteroatoms. The minimum Gasteiger partial charge on any atom is -0.347 e. The first-order chi connectivity index (χ1) is 6.22. The van der Waals surface area contributed by atoms with Crippen molar-refractivity contribution in [2.45, 2.75) is 38.9 Å². The van der Waals surface area contributed by atoms with Gasteiger partial charge in [-0.15, -0.1) is 0 Å². The summed E-state index contributed by atoms with van der Waals surface area (Å²) in [6.07, 6.45) is 5.43. The minimum atomic E-state index is -0.238. The van der Waals surface area contributed by atoms with E-state index in [0.717, 1.165) is 32.5 Å². The van der Waals surface area contributed by atoms with Gasteiger partial charge < -0.3 is 9.47 Å². The second kappa shape index (κ2) is 3.43. The lowest BCUT2D eigenvalue weighted by Crippen LogP contribution is -2.32. The molecule has 1 aliphatic heterocycles. The summed E-state index contributed by atoms with van der Waals surface area (Å²) in [6.45, 7) is 6.04. The zero-order chi connectivity index (χ0) is 9.31. The van der Waals surface area contributed by atoms with Crippen molar-refractivity contribution in [2.24, 2.45) is 5.92 Å². The van der Waals surface area contributed by atoms with Gasteiger partial charge >= 0.3 is 0 Å². The largest absolute Gasteiger partial charge is 0.347 e. The van der Waals surface area contributed by atoms with E-state index < -0.39 is 0 Å². The van der Waals surface area contributed by atoms with Crippen LogP contribution in [0.3, 0.4) is 0 Å². The van der Waals surface area contributed by atoms with Gasteiger partial charge in [-0.2, -0.15) is 0 Å². The molecular weight excluding hydrogens is 164 g/mol. The van der Waals surface area contributed by atoms with Gasteiger partial charge in [-0.1, -0.05) is 25.5 Å². The molecule has 0 saturated carbocycles. The molecule has 2 aliphatic rings. The van der Waals surface area contributed by atoms with Crippen LogP contribution in [-0.4, -0.2) is 19.0 Å². The summed E-state index contributed by atoms with van der Waals surface area (Å²) in [7, 11) is 0. The topological polar surface area (TPSA) is 18.5 Å². The second-order valence-corrected chi connectivity index (χ2v) is 4.25. The lowest BCUT2D eigenvalue weighted by atomic mass is 9.88. The average molecular weight is 182 g/mol. The number of allylic oxidation sites excluding steroid dienone is 1. The molecule has 0 radical (unpaired) electrons. The highest BCUT2D eigenvalue weighted by atomic mass is 16.7. The van der Waals surface area contributed by atoms with Gasteiger partial charge in [0.05, 0.1) is 13.2 Å². The monoisotopic (exact) mass is 182 g/mol. The van der Waals surface area contributed by atoms with E-state index >= 15 is 0 Å². The standard InChI is InChI=1S/C11H18O2/c1-9(2)10-3-5-11(6-4-10)12-7-8-13-11/h3,9H,4-8H2,1-2H3. The fourth-order valence-electron chi connectivity index (χ4n) is 2.11. The molecule has 0 aromatic rings. The molecule has 2 nitrogen and oxygen atoms in total. The number of hydrogen-bond donors (Lipinski definition) is 0. The fraction of sp³-hybridized carbons (Fsp3) is 0.818. The van der Waals surface area contributed by atoms with Crippen molar-refractivity contribution in [2.75, 3.05) is 13.2 Å². The van der Waals surface area contributed by atoms with E-state index in [-0.39, 0.29) is 5.79 Å². The average Bonchev–Trinajstić information content (AvgIpc) is 2.54. The zero-order valence-corrected chi connectivity index (χ0v) is 8.51. The molecule has 0 aromatic carbocycles. The van der Waals surface area contributed by atoms with Crippen LogP contribution in [-0.2, 0) is 9.47 Å². The van der Waals surface area contributed by atoms with Crippen LogP contribution >= 0.6 is 0 Å². The predicted octanol–water partition coefficient (Wildman–Crippen LogP) is 2.50. The summed E-state index contributed by atoms with van der Waals surface area (Å²) >= 11 is 0. The Morgan fingerprint density at radius 2 is 2.00 bits per heavy atom. The highest BCUT2D eigenvalue weighted by molar-refractivity contribution is 5.11. The Morgan fingerprint density at radius 3 is 2.46 bits per heavy atom. The Hall–Kier alpha value is -0.340. The zero-order valence-electron chi connectivity index (χ0n) is 8.51. The lowest BCUT2D eigenvalue weighted by molar-refractivity contribution is -0.161. The third kappa shape index (κ3) is 1.79. The fourth-order valence-corrected chi connectivity index (χ4v) is 2.11. The van der Waals surface area contributed by atoms with Gasteiger partial charge in [0.25, 0.3) is 0 Å². The third-order valence-electron chi connectivity index (χ3n) is 3.02. The summed E-state index contributed by atoms with van der Waals surface area (Å²) in [6, 6.07) is 0. The van der Waals surface area contributed by atoms with Crippen LogP contribution in [0.2, 0.25) is 0 Å². The van der Waals surface area contributed by atoms with Gasteiger partial charge in [-0.25, -0.2) is 0 Å². The summed E-state index contributed by atoms with van der Waals surface area (Å²) in [5, 5.41) is 0. The summed E-state index contributed by atoms with van der Waals surface area (Å²) in [5.41, 5.74) is 1.56. The Morgan fingerprint density at radius 1 is 1.31 bits per heavy atom. The minimum absolute atomic E-state index is 0.238. The van der Waals surface area contributed by atoms with Crippen molar-refractivity contribution in [1.29, 1.82) is 0 Å². The van der Waals surface area contributed by atoms with Crippen LogP contribution in [0, 0.1) is 5.92 Å². The molecule has 1 heterocycles. The Balaban J connectivity index is 2.02. The molecule has 0 unspecified atom stereocenters. The van der Waals surface area contributed by atoms with Gasteiger partial charge in [0.1, 0.15) is 0 Å². The van der Waals surface area contributed by atoms with Gasteiger partial charge in [-0.05, 0) is 12.3 Å². The van der Waals surface area contributed by atoms with Crippen molar-refractivity contribution in [1.82, 2.24) is 0 Å². The van der Waals surface area contributed by atoms with Crippen molar-refractivity contribution < 1.29 is 9.47 Å². The Bertz CT molecular complexity index is 212. The molecule has 13 heavy (non-hydrogen) atoms. The van der Waals surface area contributed by atoms with E-state index in [1.165, 1.54) is 0 Å².